The molecule has 310 valence electrons. The van der Waals surface area contributed by atoms with Crippen molar-refractivity contribution in [3.63, 3.8) is 0 Å². The largest absolute Gasteiger partial charge is 0.394 e. The van der Waals surface area contributed by atoms with Crippen LogP contribution in [0.5, 0.6) is 0 Å². The second-order valence-electron chi connectivity index (χ2n) is 14.2. The lowest BCUT2D eigenvalue weighted by Gasteiger charge is -2.48. The molecule has 0 aromatic rings. The first-order chi connectivity index (χ1) is 25.2. The average molecular weight is 775 g/mol. The molecule has 5 aliphatic heterocycles. The van der Waals surface area contributed by atoms with E-state index in [9.17, 15) is 40.9 Å². The summed E-state index contributed by atoms with van der Waals surface area (Å²) in [6.07, 6.45) is -22.6. The van der Waals surface area contributed by atoms with E-state index in [2.05, 4.69) is 0 Å². The van der Waals surface area contributed by atoms with Crippen molar-refractivity contribution in [3.8, 4) is 0 Å². The molecule has 5 rings (SSSR count). The number of hydrogen-bond acceptors (Lipinski definition) is 20. The van der Waals surface area contributed by atoms with Gasteiger partial charge in [0.15, 0.2) is 31.5 Å². The van der Waals surface area contributed by atoms with Gasteiger partial charge in [0.2, 0.25) is 0 Å². The van der Waals surface area contributed by atoms with Crippen LogP contribution in [-0.2, 0) is 56.8 Å². The summed E-state index contributed by atoms with van der Waals surface area (Å²) in [5, 5.41) is 82.3. The molecule has 0 saturated carbocycles. The SMILES string of the molecule is CO[C@@H]1C[C@H](O[C@H]2[C@H](C)O[C@@H](O)C[C@H]2OC)O[C@@H](C)[C@@H]1O[C@H]1C[C@@H](OC)[C@@H](O[C@@H]2O[C@H](CO)[C@@H](O[C@@H]3O[C@H](CO)[C@@H](O)[C@H](O)[C@H]3O)[C@H](O)[C@H]2O)[C@H](C)O1. The van der Waals surface area contributed by atoms with Crippen molar-refractivity contribution in [2.24, 2.45) is 0 Å². The smallest absolute Gasteiger partial charge is 0.187 e. The monoisotopic (exact) mass is 774 g/mol. The van der Waals surface area contributed by atoms with Gasteiger partial charge in [-0.25, -0.2) is 0 Å². The van der Waals surface area contributed by atoms with Crippen molar-refractivity contribution in [1.29, 1.82) is 0 Å². The van der Waals surface area contributed by atoms with Crippen LogP contribution in [0.2, 0.25) is 0 Å². The minimum Gasteiger partial charge on any atom is -0.394 e. The van der Waals surface area contributed by atoms with Gasteiger partial charge in [0, 0.05) is 40.6 Å². The highest BCUT2D eigenvalue weighted by molar-refractivity contribution is 4.96. The van der Waals surface area contributed by atoms with Crippen LogP contribution < -0.4 is 0 Å². The molecule has 22 atom stereocenters. The lowest BCUT2D eigenvalue weighted by molar-refractivity contribution is -0.376. The van der Waals surface area contributed by atoms with E-state index >= 15 is 0 Å². The van der Waals surface area contributed by atoms with Crippen molar-refractivity contribution >= 4 is 0 Å². The van der Waals surface area contributed by atoms with E-state index < -0.39 is 148 Å². The van der Waals surface area contributed by atoms with Crippen molar-refractivity contribution in [2.45, 2.75) is 175 Å². The molecular weight excluding hydrogens is 716 g/mol. The maximum Gasteiger partial charge on any atom is 0.187 e. The summed E-state index contributed by atoms with van der Waals surface area (Å²) in [6, 6.07) is 0. The van der Waals surface area contributed by atoms with Gasteiger partial charge in [-0.05, 0) is 20.8 Å². The highest BCUT2D eigenvalue weighted by atomic mass is 16.8. The third-order valence-corrected chi connectivity index (χ3v) is 10.7. The molecule has 0 aromatic carbocycles. The lowest BCUT2D eigenvalue weighted by atomic mass is 9.96. The van der Waals surface area contributed by atoms with E-state index in [4.69, 9.17) is 56.8 Å². The van der Waals surface area contributed by atoms with E-state index in [0.717, 1.165) is 0 Å². The van der Waals surface area contributed by atoms with Crippen LogP contribution in [0, 0.1) is 0 Å². The Kier molecular flexibility index (Phi) is 15.6. The Morgan fingerprint density at radius 3 is 1.36 bits per heavy atom. The van der Waals surface area contributed by atoms with Gasteiger partial charge >= 0.3 is 0 Å². The molecule has 20 nitrogen and oxygen atoms in total. The molecule has 53 heavy (non-hydrogen) atoms. The molecular formula is C33H58O20. The number of aliphatic hydroxyl groups is 8. The van der Waals surface area contributed by atoms with Gasteiger partial charge in [0.25, 0.3) is 0 Å². The zero-order chi connectivity index (χ0) is 38.7. The third-order valence-electron chi connectivity index (χ3n) is 10.7. The molecule has 8 N–H and O–H groups in total. The third kappa shape index (κ3) is 9.67. The number of rotatable bonds is 13. The first-order valence-electron chi connectivity index (χ1n) is 18.0. The van der Waals surface area contributed by atoms with Gasteiger partial charge in [-0.2, -0.15) is 0 Å². The van der Waals surface area contributed by atoms with Gasteiger partial charge < -0.3 is 97.7 Å². The summed E-state index contributed by atoms with van der Waals surface area (Å²) < 4.78 is 70.6. The van der Waals surface area contributed by atoms with Gasteiger partial charge in [-0.1, -0.05) is 0 Å². The first-order valence-corrected chi connectivity index (χ1v) is 18.0. The van der Waals surface area contributed by atoms with Gasteiger partial charge in [-0.3, -0.25) is 0 Å². The van der Waals surface area contributed by atoms with Crippen LogP contribution in [0.3, 0.4) is 0 Å². The highest BCUT2D eigenvalue weighted by Gasteiger charge is 2.53. The van der Waals surface area contributed by atoms with Crippen molar-refractivity contribution in [3.05, 3.63) is 0 Å². The number of aliphatic hydroxyl groups excluding tert-OH is 8. The van der Waals surface area contributed by atoms with Crippen LogP contribution in [0.15, 0.2) is 0 Å². The second kappa shape index (κ2) is 19.1. The summed E-state index contributed by atoms with van der Waals surface area (Å²) in [6.45, 7) is 3.91. The maximum absolute atomic E-state index is 11.1. The topological polar surface area (TPSA) is 273 Å². The first kappa shape index (κ1) is 43.3. The van der Waals surface area contributed by atoms with Crippen molar-refractivity contribution in [1.82, 2.24) is 0 Å². The normalized spacial score (nSPS) is 51.3. The number of hydrogen-bond donors (Lipinski definition) is 8. The Bertz CT molecular complexity index is 1100. The predicted octanol–water partition coefficient (Wildman–Crippen LogP) is -3.79. The Balaban J connectivity index is 1.17. The predicted molar refractivity (Wildman–Crippen MR) is 172 cm³/mol. The fourth-order valence-corrected chi connectivity index (χ4v) is 7.65. The fraction of sp³-hybridized carbons (Fsp3) is 1.00. The molecule has 5 saturated heterocycles. The van der Waals surface area contributed by atoms with Gasteiger partial charge in [-0.15, -0.1) is 0 Å². The molecule has 5 fully saturated rings. The van der Waals surface area contributed by atoms with Crippen LogP contribution >= 0.6 is 0 Å². The molecule has 5 heterocycles. The molecule has 5 aliphatic rings. The summed E-state index contributed by atoms with van der Waals surface area (Å²) in [4.78, 5) is 0. The minimum absolute atomic E-state index is 0.178. The summed E-state index contributed by atoms with van der Waals surface area (Å²) in [7, 11) is 4.58. The van der Waals surface area contributed by atoms with Gasteiger partial charge in [0.05, 0.1) is 49.8 Å². The average Bonchev–Trinajstić information content (AvgIpc) is 3.13. The standard InChI is InChI=1S/C33H58O20/c1-12-28(15(42-4)7-20(36)45-12)50-21-8-16(43-5)29(13(2)46-21)51-22-9-17(44-6)30(14(3)47-22)52-33-27(41)25(39)31(19(11-35)49-33)53-32-26(40)24(38)23(37)18(10-34)48-32/h12-41H,7-11H2,1-6H3/t12-,13-,14-,15+,16+,17+,18+,19+,20+,21-,22-,23+,24-,25+,26+,27+,28-,29-,30-,31+,32-,33-/m0/s1. The van der Waals surface area contributed by atoms with E-state index in [1.807, 2.05) is 6.92 Å². The summed E-state index contributed by atoms with van der Waals surface area (Å²) in [5.41, 5.74) is 0. The molecule has 0 bridgehead atoms. The van der Waals surface area contributed by atoms with E-state index in [1.54, 1.807) is 28.1 Å². The van der Waals surface area contributed by atoms with E-state index in [1.165, 1.54) is 7.11 Å². The van der Waals surface area contributed by atoms with Crippen LogP contribution in [0.25, 0.3) is 0 Å². The molecule has 0 unspecified atom stereocenters. The maximum atomic E-state index is 11.1. The van der Waals surface area contributed by atoms with Crippen LogP contribution in [0.1, 0.15) is 40.0 Å². The van der Waals surface area contributed by atoms with Crippen molar-refractivity contribution < 1.29 is 97.7 Å². The fourth-order valence-electron chi connectivity index (χ4n) is 7.65. The Morgan fingerprint density at radius 2 is 0.868 bits per heavy atom. The Morgan fingerprint density at radius 1 is 0.453 bits per heavy atom. The zero-order valence-corrected chi connectivity index (χ0v) is 30.7. The minimum atomic E-state index is -1.79. The Labute approximate surface area is 307 Å². The van der Waals surface area contributed by atoms with Crippen LogP contribution in [-0.4, -0.2) is 211 Å². The zero-order valence-electron chi connectivity index (χ0n) is 30.7. The lowest BCUT2D eigenvalue weighted by Crippen LogP contribution is -2.65. The quantitative estimate of drug-likeness (QED) is 0.0892. The summed E-state index contributed by atoms with van der Waals surface area (Å²) in [5.74, 6) is 0. The molecule has 0 aliphatic carbocycles. The number of methoxy groups -OCH3 is 3. The molecule has 20 heteroatoms. The summed E-state index contributed by atoms with van der Waals surface area (Å²) >= 11 is 0. The molecule has 0 radical (unpaired) electrons. The van der Waals surface area contributed by atoms with Gasteiger partial charge in [0.1, 0.15) is 67.1 Å². The molecule has 0 spiro atoms. The van der Waals surface area contributed by atoms with Crippen molar-refractivity contribution in [2.75, 3.05) is 34.5 Å². The highest BCUT2D eigenvalue weighted by Crippen LogP contribution is 2.36. The van der Waals surface area contributed by atoms with E-state index in [0.29, 0.717) is 6.42 Å². The second-order valence-corrected chi connectivity index (χ2v) is 14.2. The Hall–Kier alpha value is -0.800. The van der Waals surface area contributed by atoms with Crippen LogP contribution in [0.4, 0.5) is 0 Å². The molecule has 0 amide bonds. The molecule has 0 aromatic heterocycles. The van der Waals surface area contributed by atoms with E-state index in [-0.39, 0.29) is 12.8 Å². The number of ether oxygens (including phenoxy) is 12.